The topological polar surface area (TPSA) is 58.6 Å². The van der Waals surface area contributed by atoms with Crippen molar-refractivity contribution in [2.45, 2.75) is 18.8 Å². The normalized spacial score (nSPS) is 18.3. The van der Waals surface area contributed by atoms with Crippen LogP contribution in [0.1, 0.15) is 15.9 Å². The second-order valence-electron chi connectivity index (χ2n) is 5.91. The van der Waals surface area contributed by atoms with Crippen molar-refractivity contribution >= 4 is 17.5 Å². The third-order valence-corrected chi connectivity index (χ3v) is 4.33. The summed E-state index contributed by atoms with van der Waals surface area (Å²) in [6, 6.07) is 4.63. The molecule has 2 heterocycles. The molecule has 1 aromatic carbocycles. The van der Waals surface area contributed by atoms with E-state index in [1.807, 2.05) is 0 Å². The maximum atomic E-state index is 13.5. The van der Waals surface area contributed by atoms with E-state index in [9.17, 15) is 18.0 Å². The number of halogens is 4. The van der Waals surface area contributed by atoms with Gasteiger partial charge in [0.15, 0.2) is 0 Å². The predicted molar refractivity (Wildman–Crippen MR) is 90.7 cm³/mol. The van der Waals surface area contributed by atoms with E-state index in [1.165, 1.54) is 18.7 Å². The second-order valence-corrected chi connectivity index (χ2v) is 6.35. The fourth-order valence-corrected chi connectivity index (χ4v) is 2.87. The highest BCUT2D eigenvalue weighted by molar-refractivity contribution is 6.30. The van der Waals surface area contributed by atoms with Crippen molar-refractivity contribution in [2.75, 3.05) is 19.8 Å². The van der Waals surface area contributed by atoms with E-state index in [-0.39, 0.29) is 25.3 Å². The second kappa shape index (κ2) is 8.20. The minimum Gasteiger partial charge on any atom is -0.378 e. The zero-order chi connectivity index (χ0) is 19.4. The highest BCUT2D eigenvalue weighted by atomic mass is 35.5. The molecule has 3 rings (SSSR count). The van der Waals surface area contributed by atoms with Crippen LogP contribution in [0.5, 0.6) is 0 Å². The summed E-state index contributed by atoms with van der Waals surface area (Å²) in [6.45, 7) is -0.587. The summed E-state index contributed by atoms with van der Waals surface area (Å²) in [7, 11) is 0. The van der Waals surface area contributed by atoms with Crippen molar-refractivity contribution in [2.24, 2.45) is 0 Å². The van der Waals surface area contributed by atoms with Crippen LogP contribution in [0.4, 0.5) is 13.2 Å². The van der Waals surface area contributed by atoms with E-state index in [2.05, 4.69) is 9.97 Å². The van der Waals surface area contributed by atoms with Gasteiger partial charge in [-0.25, -0.2) is 15.0 Å². The first-order valence-electron chi connectivity index (χ1n) is 8.08. The number of benzene rings is 1. The third-order valence-electron chi connectivity index (χ3n) is 4.08. The Morgan fingerprint density at radius 1 is 1.26 bits per heavy atom. The van der Waals surface area contributed by atoms with Crippen LogP contribution < -0.4 is 0 Å². The number of aromatic nitrogens is 2. The van der Waals surface area contributed by atoms with Gasteiger partial charge in [0.25, 0.3) is 5.91 Å². The molecule has 1 aliphatic rings. The lowest BCUT2D eigenvalue weighted by Crippen LogP contribution is -2.61. The molecule has 10 heteroatoms. The van der Waals surface area contributed by atoms with Crippen LogP contribution in [0, 0.1) is 0 Å². The third kappa shape index (κ3) is 4.74. The number of nitrogens with zero attached hydrogens (tertiary/aromatic N) is 4. The average molecular weight is 401 g/mol. The fraction of sp³-hybridized carbons (Fsp3) is 0.353. The Bertz CT molecular complexity index is 774. The van der Waals surface area contributed by atoms with Gasteiger partial charge in [0.2, 0.25) is 0 Å². The molecule has 1 fully saturated rings. The summed E-state index contributed by atoms with van der Waals surface area (Å²) < 4.78 is 45.5. The van der Waals surface area contributed by atoms with Crippen molar-refractivity contribution in [3.05, 3.63) is 59.1 Å². The molecule has 0 saturated carbocycles. The zero-order valence-corrected chi connectivity index (χ0v) is 14.8. The lowest BCUT2D eigenvalue weighted by molar-refractivity contribution is -0.245. The van der Waals surface area contributed by atoms with Crippen molar-refractivity contribution in [3.63, 3.8) is 0 Å². The van der Waals surface area contributed by atoms with Crippen molar-refractivity contribution in [3.8, 4) is 0 Å². The van der Waals surface area contributed by atoms with Gasteiger partial charge in [-0.1, -0.05) is 23.7 Å². The van der Waals surface area contributed by atoms with Crippen molar-refractivity contribution in [1.82, 2.24) is 20.0 Å². The minimum absolute atomic E-state index is 0.0581. The lowest BCUT2D eigenvalue weighted by Gasteiger charge is -2.43. The highest BCUT2D eigenvalue weighted by Gasteiger charge is 2.48. The van der Waals surface area contributed by atoms with Gasteiger partial charge in [0.1, 0.15) is 12.4 Å². The van der Waals surface area contributed by atoms with Crippen LogP contribution in [-0.2, 0) is 11.3 Å². The molecule has 1 unspecified atom stereocenters. The van der Waals surface area contributed by atoms with E-state index in [0.29, 0.717) is 10.6 Å². The number of ether oxygens (including phenoxy) is 1. The molecule has 0 N–H and O–H groups in total. The molecule has 0 aliphatic carbocycles. The number of amides is 1. The molecule has 6 nitrogen and oxygen atoms in total. The number of rotatable bonds is 4. The first-order chi connectivity index (χ1) is 12.9. The van der Waals surface area contributed by atoms with Crippen LogP contribution in [0.25, 0.3) is 0 Å². The quantitative estimate of drug-likeness (QED) is 0.789. The van der Waals surface area contributed by atoms with Crippen LogP contribution in [0.3, 0.4) is 0 Å². The smallest absolute Gasteiger partial charge is 0.378 e. The highest BCUT2D eigenvalue weighted by Crippen LogP contribution is 2.29. The maximum Gasteiger partial charge on any atom is 0.408 e. The molecule has 27 heavy (non-hydrogen) atoms. The Morgan fingerprint density at radius 3 is 2.56 bits per heavy atom. The standard InChI is InChI=1S/C17H16ClF3N4O2/c18-14-3-1-12(2-4-14)9-25(16(26)13-7-22-11-23-8-13)24-5-6-27-10-15(24)17(19,20)21/h1-4,7-8,11,15H,5-6,9-10H2. The Morgan fingerprint density at radius 2 is 1.93 bits per heavy atom. The summed E-state index contributed by atoms with van der Waals surface area (Å²) >= 11 is 5.87. The Balaban J connectivity index is 1.95. The molecule has 1 saturated heterocycles. The molecule has 1 aromatic heterocycles. The SMILES string of the molecule is O=C(c1cncnc1)N(Cc1ccc(Cl)cc1)N1CCOCC1C(F)(F)F. The van der Waals surface area contributed by atoms with Gasteiger partial charge in [-0.2, -0.15) is 13.2 Å². The number of hydrogen-bond donors (Lipinski definition) is 0. The fourth-order valence-electron chi connectivity index (χ4n) is 2.75. The molecule has 1 amide bonds. The monoisotopic (exact) mass is 400 g/mol. The lowest BCUT2D eigenvalue weighted by atomic mass is 10.2. The maximum absolute atomic E-state index is 13.5. The van der Waals surface area contributed by atoms with Crippen LogP contribution in [0.15, 0.2) is 43.0 Å². The molecule has 0 spiro atoms. The number of hydrazine groups is 1. The molecular weight excluding hydrogens is 385 g/mol. The summed E-state index contributed by atoms with van der Waals surface area (Å²) in [5, 5.41) is 2.57. The largest absolute Gasteiger partial charge is 0.408 e. The first kappa shape index (κ1) is 19.5. The van der Waals surface area contributed by atoms with E-state index < -0.39 is 24.7 Å². The van der Waals surface area contributed by atoms with E-state index in [1.54, 1.807) is 24.3 Å². The van der Waals surface area contributed by atoms with E-state index in [0.717, 1.165) is 10.0 Å². The van der Waals surface area contributed by atoms with E-state index in [4.69, 9.17) is 16.3 Å². The van der Waals surface area contributed by atoms with Crippen LogP contribution in [-0.4, -0.2) is 57.9 Å². The van der Waals surface area contributed by atoms with Gasteiger partial charge in [-0.05, 0) is 17.7 Å². The van der Waals surface area contributed by atoms with Crippen LogP contribution in [0.2, 0.25) is 5.02 Å². The Kier molecular flexibility index (Phi) is 5.93. The first-order valence-corrected chi connectivity index (χ1v) is 8.46. The van der Waals surface area contributed by atoms with Crippen molar-refractivity contribution < 1.29 is 22.7 Å². The molecule has 0 bridgehead atoms. The summed E-state index contributed by atoms with van der Waals surface area (Å²) in [4.78, 5) is 20.5. The molecule has 0 radical (unpaired) electrons. The summed E-state index contributed by atoms with van der Waals surface area (Å²) in [6.07, 6.45) is -0.764. The van der Waals surface area contributed by atoms with Gasteiger partial charge in [0, 0.05) is 24.0 Å². The average Bonchev–Trinajstić information content (AvgIpc) is 2.67. The Hall–Kier alpha value is -2.23. The van der Waals surface area contributed by atoms with Gasteiger partial charge in [-0.15, -0.1) is 0 Å². The van der Waals surface area contributed by atoms with E-state index >= 15 is 0 Å². The van der Waals surface area contributed by atoms with Gasteiger partial charge < -0.3 is 4.74 Å². The minimum atomic E-state index is -4.55. The van der Waals surface area contributed by atoms with Crippen molar-refractivity contribution in [1.29, 1.82) is 0 Å². The summed E-state index contributed by atoms with van der Waals surface area (Å²) in [5.74, 6) is -0.623. The zero-order valence-electron chi connectivity index (χ0n) is 14.1. The molecule has 144 valence electrons. The molecule has 1 aliphatic heterocycles. The Labute approximate surface area is 158 Å². The van der Waals surface area contributed by atoms with Crippen LogP contribution >= 0.6 is 11.6 Å². The molecule has 2 aromatic rings. The summed E-state index contributed by atoms with van der Waals surface area (Å²) in [5.41, 5.74) is 0.732. The molecular formula is C17H16ClF3N4O2. The predicted octanol–water partition coefficient (Wildman–Crippen LogP) is 2.95. The van der Waals surface area contributed by atoms with Gasteiger partial charge >= 0.3 is 6.18 Å². The van der Waals surface area contributed by atoms with Gasteiger partial charge in [0.05, 0.1) is 25.3 Å². The number of carbonyl (C=O) groups excluding carboxylic acids is 1. The number of carbonyl (C=O) groups is 1. The number of hydrogen-bond acceptors (Lipinski definition) is 5. The molecule has 1 atom stereocenters. The van der Waals surface area contributed by atoms with Gasteiger partial charge in [-0.3, -0.25) is 9.80 Å². The number of morpholine rings is 1. The number of alkyl halides is 3.